The minimum absolute atomic E-state index is 0.533. The molecule has 0 unspecified atom stereocenters. The van der Waals surface area contributed by atoms with Gasteiger partial charge < -0.3 is 4.74 Å². The molecule has 2 aromatic rings. The van der Waals surface area contributed by atoms with Gasteiger partial charge in [-0.05, 0) is 47.5 Å². The molecule has 0 radical (unpaired) electrons. The van der Waals surface area contributed by atoms with Gasteiger partial charge in [0, 0.05) is 10.5 Å². The SMILES string of the molecule is Cc1nc(Br)cc(Oc2cc(Br)ccc2C)n1. The topological polar surface area (TPSA) is 35.0 Å². The maximum atomic E-state index is 5.74. The maximum Gasteiger partial charge on any atom is 0.223 e. The van der Waals surface area contributed by atoms with Gasteiger partial charge in [-0.15, -0.1) is 0 Å². The van der Waals surface area contributed by atoms with E-state index in [2.05, 4.69) is 41.8 Å². The standard InChI is InChI=1S/C12H10Br2N2O/c1-7-3-4-9(13)5-10(7)17-12-6-11(14)15-8(2)16-12/h3-6H,1-2H3. The van der Waals surface area contributed by atoms with E-state index in [9.17, 15) is 0 Å². The Morgan fingerprint density at radius 1 is 1.06 bits per heavy atom. The van der Waals surface area contributed by atoms with E-state index in [1.54, 1.807) is 6.07 Å². The highest BCUT2D eigenvalue weighted by Gasteiger charge is 2.05. The van der Waals surface area contributed by atoms with Crippen molar-refractivity contribution < 1.29 is 4.74 Å². The summed E-state index contributed by atoms with van der Waals surface area (Å²) >= 11 is 6.74. The molecule has 0 aliphatic rings. The molecule has 88 valence electrons. The van der Waals surface area contributed by atoms with Crippen molar-refractivity contribution in [2.45, 2.75) is 13.8 Å². The monoisotopic (exact) mass is 356 g/mol. The number of hydrogen-bond donors (Lipinski definition) is 0. The van der Waals surface area contributed by atoms with Crippen LogP contribution in [0.15, 0.2) is 33.3 Å². The van der Waals surface area contributed by atoms with Crippen LogP contribution in [-0.2, 0) is 0 Å². The Hall–Kier alpha value is -0.940. The van der Waals surface area contributed by atoms with Crippen molar-refractivity contribution in [1.82, 2.24) is 9.97 Å². The average Bonchev–Trinajstić information content (AvgIpc) is 2.22. The van der Waals surface area contributed by atoms with Gasteiger partial charge in [0.1, 0.15) is 16.2 Å². The quantitative estimate of drug-likeness (QED) is 0.746. The van der Waals surface area contributed by atoms with Crippen molar-refractivity contribution >= 4 is 31.9 Å². The zero-order valence-electron chi connectivity index (χ0n) is 9.37. The molecule has 17 heavy (non-hydrogen) atoms. The number of benzene rings is 1. The summed E-state index contributed by atoms with van der Waals surface area (Å²) in [6.45, 7) is 3.82. The second-order valence-electron chi connectivity index (χ2n) is 3.59. The summed E-state index contributed by atoms with van der Waals surface area (Å²) in [7, 11) is 0. The molecular weight excluding hydrogens is 348 g/mol. The number of halogens is 2. The van der Waals surface area contributed by atoms with Gasteiger partial charge in [0.15, 0.2) is 0 Å². The third-order valence-electron chi connectivity index (χ3n) is 2.15. The van der Waals surface area contributed by atoms with E-state index in [0.717, 1.165) is 15.8 Å². The largest absolute Gasteiger partial charge is 0.439 e. The number of hydrogen-bond acceptors (Lipinski definition) is 3. The van der Waals surface area contributed by atoms with Crippen molar-refractivity contribution in [3.63, 3.8) is 0 Å². The normalized spacial score (nSPS) is 10.4. The fraction of sp³-hybridized carbons (Fsp3) is 0.167. The Bertz CT molecular complexity index is 538. The van der Waals surface area contributed by atoms with Crippen LogP contribution in [0, 0.1) is 13.8 Å². The predicted molar refractivity (Wildman–Crippen MR) is 73.4 cm³/mol. The molecule has 0 saturated carbocycles. The lowest BCUT2D eigenvalue weighted by atomic mass is 10.2. The second-order valence-corrected chi connectivity index (χ2v) is 5.32. The van der Waals surface area contributed by atoms with Crippen molar-refractivity contribution in [3.8, 4) is 11.6 Å². The number of aryl methyl sites for hydroxylation is 2. The lowest BCUT2D eigenvalue weighted by Crippen LogP contribution is -1.94. The van der Waals surface area contributed by atoms with Crippen LogP contribution >= 0.6 is 31.9 Å². The van der Waals surface area contributed by atoms with Gasteiger partial charge in [-0.1, -0.05) is 22.0 Å². The Labute approximate surface area is 117 Å². The third-order valence-corrected chi connectivity index (χ3v) is 3.05. The van der Waals surface area contributed by atoms with Gasteiger partial charge in [-0.2, -0.15) is 4.98 Å². The molecule has 3 nitrogen and oxygen atoms in total. The van der Waals surface area contributed by atoms with Gasteiger partial charge in [0.25, 0.3) is 0 Å². The summed E-state index contributed by atoms with van der Waals surface area (Å²) in [6, 6.07) is 7.62. The molecule has 0 saturated heterocycles. The van der Waals surface area contributed by atoms with Gasteiger partial charge in [-0.25, -0.2) is 4.98 Å². The highest BCUT2D eigenvalue weighted by atomic mass is 79.9. The highest BCUT2D eigenvalue weighted by molar-refractivity contribution is 9.10. The lowest BCUT2D eigenvalue weighted by molar-refractivity contribution is 0.455. The van der Waals surface area contributed by atoms with E-state index in [0.29, 0.717) is 16.3 Å². The number of rotatable bonds is 2. The molecule has 0 bridgehead atoms. The summed E-state index contributed by atoms with van der Waals surface area (Å²) in [6.07, 6.45) is 0. The molecule has 1 aromatic heterocycles. The van der Waals surface area contributed by atoms with Gasteiger partial charge in [-0.3, -0.25) is 0 Å². The van der Waals surface area contributed by atoms with Crippen LogP contribution in [0.1, 0.15) is 11.4 Å². The van der Waals surface area contributed by atoms with Crippen LogP contribution in [0.5, 0.6) is 11.6 Å². The lowest BCUT2D eigenvalue weighted by Gasteiger charge is -2.08. The minimum Gasteiger partial charge on any atom is -0.439 e. The van der Waals surface area contributed by atoms with E-state index in [4.69, 9.17) is 4.74 Å². The Morgan fingerprint density at radius 3 is 2.53 bits per heavy atom. The molecule has 0 atom stereocenters. The molecule has 5 heteroatoms. The molecule has 0 spiro atoms. The zero-order chi connectivity index (χ0) is 12.4. The highest BCUT2D eigenvalue weighted by Crippen LogP contribution is 2.27. The molecule has 0 aliphatic carbocycles. The Balaban J connectivity index is 2.34. The van der Waals surface area contributed by atoms with Crippen molar-refractivity contribution in [2.24, 2.45) is 0 Å². The molecular formula is C12H10Br2N2O. The summed E-state index contributed by atoms with van der Waals surface area (Å²) in [5, 5.41) is 0. The van der Waals surface area contributed by atoms with E-state index in [1.807, 2.05) is 32.0 Å². The molecule has 0 aliphatic heterocycles. The van der Waals surface area contributed by atoms with Gasteiger partial charge >= 0.3 is 0 Å². The molecule has 0 fully saturated rings. The van der Waals surface area contributed by atoms with E-state index < -0.39 is 0 Å². The fourth-order valence-corrected chi connectivity index (χ4v) is 2.15. The van der Waals surface area contributed by atoms with E-state index in [1.165, 1.54) is 0 Å². The average molecular weight is 358 g/mol. The Kier molecular flexibility index (Phi) is 3.79. The summed E-state index contributed by atoms with van der Waals surface area (Å²) in [5.74, 6) is 1.98. The first kappa shape index (κ1) is 12.5. The Morgan fingerprint density at radius 2 is 1.82 bits per heavy atom. The molecule has 1 heterocycles. The van der Waals surface area contributed by atoms with E-state index in [-0.39, 0.29) is 0 Å². The van der Waals surface area contributed by atoms with Gasteiger partial charge in [0.05, 0.1) is 0 Å². The molecule has 1 aromatic carbocycles. The first-order valence-corrected chi connectivity index (χ1v) is 6.58. The smallest absolute Gasteiger partial charge is 0.223 e. The first-order chi connectivity index (χ1) is 8.04. The van der Waals surface area contributed by atoms with Crippen LogP contribution < -0.4 is 4.74 Å². The third kappa shape index (κ3) is 3.26. The molecule has 2 rings (SSSR count). The molecule has 0 amide bonds. The van der Waals surface area contributed by atoms with Gasteiger partial charge in [0.2, 0.25) is 5.88 Å². The summed E-state index contributed by atoms with van der Waals surface area (Å²) < 4.78 is 7.43. The number of aromatic nitrogens is 2. The summed E-state index contributed by atoms with van der Waals surface area (Å²) in [4.78, 5) is 8.35. The van der Waals surface area contributed by atoms with Crippen LogP contribution in [0.3, 0.4) is 0 Å². The van der Waals surface area contributed by atoms with Crippen LogP contribution in [0.25, 0.3) is 0 Å². The predicted octanol–water partition coefficient (Wildman–Crippen LogP) is 4.41. The second kappa shape index (κ2) is 5.14. The minimum atomic E-state index is 0.533. The zero-order valence-corrected chi connectivity index (χ0v) is 12.5. The summed E-state index contributed by atoms with van der Waals surface area (Å²) in [5.41, 5.74) is 1.06. The van der Waals surface area contributed by atoms with Crippen LogP contribution in [0.4, 0.5) is 0 Å². The van der Waals surface area contributed by atoms with E-state index >= 15 is 0 Å². The van der Waals surface area contributed by atoms with Crippen LogP contribution in [0.2, 0.25) is 0 Å². The van der Waals surface area contributed by atoms with Crippen molar-refractivity contribution in [1.29, 1.82) is 0 Å². The number of nitrogens with zero attached hydrogens (tertiary/aromatic N) is 2. The van der Waals surface area contributed by atoms with Crippen molar-refractivity contribution in [3.05, 3.63) is 44.7 Å². The first-order valence-electron chi connectivity index (χ1n) is 5.00. The fourth-order valence-electron chi connectivity index (χ4n) is 1.35. The van der Waals surface area contributed by atoms with Crippen LogP contribution in [-0.4, -0.2) is 9.97 Å². The van der Waals surface area contributed by atoms with Crippen molar-refractivity contribution in [2.75, 3.05) is 0 Å². The molecule has 0 N–H and O–H groups in total. The number of ether oxygens (including phenoxy) is 1. The maximum absolute atomic E-state index is 5.74.